The molecular formula is C14H27NO4. The summed E-state index contributed by atoms with van der Waals surface area (Å²) >= 11 is 0. The normalized spacial score (nSPS) is 10.3. The predicted octanol–water partition coefficient (Wildman–Crippen LogP) is 2.88. The maximum Gasteiger partial charge on any atom is 0.407 e. The number of carbonyl (C=O) groups is 2. The minimum absolute atomic E-state index is 0.135. The number of hydrogen-bond acceptors (Lipinski definition) is 4. The zero-order valence-electron chi connectivity index (χ0n) is 12.4. The van der Waals surface area contributed by atoms with E-state index in [1.807, 2.05) is 20.8 Å². The van der Waals surface area contributed by atoms with Crippen LogP contribution in [-0.4, -0.2) is 31.8 Å². The first kappa shape index (κ1) is 17.7. The molecule has 1 N–H and O–H groups in total. The topological polar surface area (TPSA) is 64.6 Å². The number of ether oxygens (including phenoxy) is 2. The number of alkyl carbamates (subject to hydrolysis) is 1. The molecule has 5 nitrogen and oxygen atoms in total. The van der Waals surface area contributed by atoms with Crippen LogP contribution in [0, 0.1) is 5.92 Å². The van der Waals surface area contributed by atoms with E-state index in [-0.39, 0.29) is 12.1 Å². The molecule has 5 heteroatoms. The van der Waals surface area contributed by atoms with Crippen molar-refractivity contribution in [3.63, 3.8) is 0 Å². The third-order valence-corrected chi connectivity index (χ3v) is 2.34. The Labute approximate surface area is 116 Å². The zero-order valence-corrected chi connectivity index (χ0v) is 12.4. The second kappa shape index (κ2) is 11.8. The van der Waals surface area contributed by atoms with Gasteiger partial charge in [-0.15, -0.1) is 0 Å². The van der Waals surface area contributed by atoms with Crippen molar-refractivity contribution >= 4 is 12.1 Å². The second-order valence-electron chi connectivity index (χ2n) is 4.95. The summed E-state index contributed by atoms with van der Waals surface area (Å²) in [7, 11) is 0. The van der Waals surface area contributed by atoms with E-state index >= 15 is 0 Å². The van der Waals surface area contributed by atoms with Gasteiger partial charge in [0.05, 0.1) is 13.2 Å². The third-order valence-electron chi connectivity index (χ3n) is 2.34. The molecule has 0 bridgehead atoms. The molecule has 0 saturated carbocycles. The van der Waals surface area contributed by atoms with Gasteiger partial charge in [-0.1, -0.05) is 27.2 Å². The molecular weight excluding hydrogens is 246 g/mol. The van der Waals surface area contributed by atoms with Crippen LogP contribution in [0.5, 0.6) is 0 Å². The molecule has 0 atom stereocenters. The maximum atomic E-state index is 11.3. The Morgan fingerprint density at radius 3 is 2.47 bits per heavy atom. The minimum atomic E-state index is -0.363. The molecule has 0 aliphatic heterocycles. The van der Waals surface area contributed by atoms with E-state index in [1.54, 1.807) is 0 Å². The summed E-state index contributed by atoms with van der Waals surface area (Å²) < 4.78 is 9.93. The van der Waals surface area contributed by atoms with Gasteiger partial charge < -0.3 is 14.8 Å². The van der Waals surface area contributed by atoms with E-state index in [4.69, 9.17) is 9.47 Å². The Morgan fingerprint density at radius 2 is 1.84 bits per heavy atom. The molecule has 0 radical (unpaired) electrons. The van der Waals surface area contributed by atoms with Gasteiger partial charge in [-0.3, -0.25) is 4.79 Å². The van der Waals surface area contributed by atoms with Gasteiger partial charge in [-0.25, -0.2) is 4.79 Å². The van der Waals surface area contributed by atoms with Crippen LogP contribution >= 0.6 is 0 Å². The predicted molar refractivity (Wildman–Crippen MR) is 73.9 cm³/mol. The standard InChI is InChI=1S/C14H27NO4/c1-4-10-18-14(17)15-9-7-5-6-8-13(16)19-11-12(2)3/h12H,4-11H2,1-3H3,(H,15,17). The van der Waals surface area contributed by atoms with Crippen molar-refractivity contribution in [1.29, 1.82) is 0 Å². The van der Waals surface area contributed by atoms with E-state index in [9.17, 15) is 9.59 Å². The number of nitrogens with one attached hydrogen (secondary N) is 1. The Balaban J connectivity index is 3.31. The van der Waals surface area contributed by atoms with Crippen LogP contribution in [0.2, 0.25) is 0 Å². The summed E-state index contributed by atoms with van der Waals surface area (Å²) in [6.07, 6.45) is 3.45. The lowest BCUT2D eigenvalue weighted by atomic mass is 10.2. The highest BCUT2D eigenvalue weighted by molar-refractivity contribution is 5.69. The van der Waals surface area contributed by atoms with Crippen molar-refractivity contribution in [1.82, 2.24) is 5.32 Å². The summed E-state index contributed by atoms with van der Waals surface area (Å²) in [5.74, 6) is 0.242. The zero-order chi connectivity index (χ0) is 14.5. The molecule has 0 saturated heterocycles. The molecule has 0 fully saturated rings. The highest BCUT2D eigenvalue weighted by Crippen LogP contribution is 2.02. The van der Waals surface area contributed by atoms with Crippen molar-refractivity contribution < 1.29 is 19.1 Å². The first-order valence-corrected chi connectivity index (χ1v) is 7.12. The Hall–Kier alpha value is -1.26. The Kier molecular flexibility index (Phi) is 11.0. The van der Waals surface area contributed by atoms with Crippen LogP contribution in [0.25, 0.3) is 0 Å². The van der Waals surface area contributed by atoms with Crippen LogP contribution in [0.3, 0.4) is 0 Å². The Bertz CT molecular complexity index is 254. The summed E-state index contributed by atoms with van der Waals surface area (Å²) in [6, 6.07) is 0. The first-order valence-electron chi connectivity index (χ1n) is 7.12. The molecule has 0 unspecified atom stereocenters. The SMILES string of the molecule is CCCOC(=O)NCCCCCC(=O)OCC(C)C. The van der Waals surface area contributed by atoms with Crippen LogP contribution in [0.15, 0.2) is 0 Å². The maximum absolute atomic E-state index is 11.3. The average molecular weight is 273 g/mol. The van der Waals surface area contributed by atoms with Crippen molar-refractivity contribution in [2.45, 2.75) is 52.9 Å². The van der Waals surface area contributed by atoms with Crippen LogP contribution in [0.1, 0.15) is 52.9 Å². The molecule has 0 rings (SSSR count). The molecule has 19 heavy (non-hydrogen) atoms. The van der Waals surface area contributed by atoms with E-state index in [2.05, 4.69) is 5.32 Å². The third kappa shape index (κ3) is 13.0. The molecule has 0 aromatic rings. The highest BCUT2D eigenvalue weighted by Gasteiger charge is 2.04. The monoisotopic (exact) mass is 273 g/mol. The molecule has 0 heterocycles. The summed E-state index contributed by atoms with van der Waals surface area (Å²) in [5.41, 5.74) is 0. The van der Waals surface area contributed by atoms with E-state index in [1.165, 1.54) is 0 Å². The molecule has 112 valence electrons. The van der Waals surface area contributed by atoms with Crippen LogP contribution in [-0.2, 0) is 14.3 Å². The number of hydrogen-bond donors (Lipinski definition) is 1. The second-order valence-corrected chi connectivity index (χ2v) is 4.95. The molecule has 0 aliphatic carbocycles. The molecule has 1 amide bonds. The molecule has 0 aromatic carbocycles. The van der Waals surface area contributed by atoms with Crippen LogP contribution < -0.4 is 5.32 Å². The van der Waals surface area contributed by atoms with E-state index in [0.717, 1.165) is 25.7 Å². The van der Waals surface area contributed by atoms with E-state index in [0.29, 0.717) is 32.1 Å². The lowest BCUT2D eigenvalue weighted by Gasteiger charge is -2.07. The van der Waals surface area contributed by atoms with Gasteiger partial charge in [0.25, 0.3) is 0 Å². The fourth-order valence-electron chi connectivity index (χ4n) is 1.34. The number of esters is 1. The Morgan fingerprint density at radius 1 is 1.11 bits per heavy atom. The van der Waals surface area contributed by atoms with Crippen molar-refractivity contribution in [3.05, 3.63) is 0 Å². The van der Waals surface area contributed by atoms with Crippen molar-refractivity contribution in [2.24, 2.45) is 5.92 Å². The van der Waals surface area contributed by atoms with Crippen molar-refractivity contribution in [3.8, 4) is 0 Å². The van der Waals surface area contributed by atoms with Gasteiger partial charge in [-0.05, 0) is 25.2 Å². The van der Waals surface area contributed by atoms with Gasteiger partial charge in [0.2, 0.25) is 0 Å². The van der Waals surface area contributed by atoms with E-state index < -0.39 is 0 Å². The highest BCUT2D eigenvalue weighted by atomic mass is 16.5. The molecule has 0 aromatic heterocycles. The quantitative estimate of drug-likeness (QED) is 0.491. The molecule has 0 aliphatic rings. The fraction of sp³-hybridized carbons (Fsp3) is 0.857. The average Bonchev–Trinajstić information content (AvgIpc) is 2.37. The number of amides is 1. The number of carbonyl (C=O) groups excluding carboxylic acids is 2. The van der Waals surface area contributed by atoms with Gasteiger partial charge in [-0.2, -0.15) is 0 Å². The summed E-state index contributed by atoms with van der Waals surface area (Å²) in [6.45, 7) is 7.50. The van der Waals surface area contributed by atoms with Crippen molar-refractivity contribution in [2.75, 3.05) is 19.8 Å². The summed E-state index contributed by atoms with van der Waals surface area (Å²) in [4.78, 5) is 22.4. The van der Waals surface area contributed by atoms with Gasteiger partial charge >= 0.3 is 12.1 Å². The lowest BCUT2D eigenvalue weighted by Crippen LogP contribution is -2.25. The number of unbranched alkanes of at least 4 members (excludes halogenated alkanes) is 2. The largest absolute Gasteiger partial charge is 0.465 e. The lowest BCUT2D eigenvalue weighted by molar-refractivity contribution is -0.144. The minimum Gasteiger partial charge on any atom is -0.465 e. The number of rotatable bonds is 10. The fourth-order valence-corrected chi connectivity index (χ4v) is 1.34. The summed E-state index contributed by atoms with van der Waals surface area (Å²) in [5, 5.41) is 2.67. The van der Waals surface area contributed by atoms with Gasteiger partial charge in [0, 0.05) is 13.0 Å². The van der Waals surface area contributed by atoms with Crippen LogP contribution in [0.4, 0.5) is 4.79 Å². The smallest absolute Gasteiger partial charge is 0.407 e. The van der Waals surface area contributed by atoms with Gasteiger partial charge in [0.15, 0.2) is 0 Å². The first-order chi connectivity index (χ1) is 9.06. The molecule has 0 spiro atoms. The van der Waals surface area contributed by atoms with Gasteiger partial charge in [0.1, 0.15) is 0 Å².